The van der Waals surface area contributed by atoms with Crippen molar-refractivity contribution in [3.63, 3.8) is 0 Å². The van der Waals surface area contributed by atoms with Crippen molar-refractivity contribution in [1.82, 2.24) is 4.90 Å². The lowest BCUT2D eigenvalue weighted by molar-refractivity contribution is -0.136. The molecule has 1 aliphatic heterocycles. The Labute approximate surface area is 156 Å². The number of nitrogens with one attached hydrogen (secondary N) is 1. The molecule has 1 aliphatic rings. The first-order valence-corrected chi connectivity index (χ1v) is 8.65. The molecule has 0 radical (unpaired) electrons. The second-order valence-corrected chi connectivity index (χ2v) is 6.30. The van der Waals surface area contributed by atoms with Crippen molar-refractivity contribution in [3.05, 3.63) is 59.4 Å². The largest absolute Gasteiger partial charge is 0.495 e. The highest BCUT2D eigenvalue weighted by Crippen LogP contribution is 2.39. The first kappa shape index (κ1) is 18.8. The quantitative estimate of drug-likeness (QED) is 0.815. The normalized spacial score (nSPS) is 15.7. The standard InChI is InChI=1S/C20H21FN2O4/c1-27-17-8-4-6-14-15(11-18(25)22-19(14)17)20(26)23(9-10-24)12-13-5-2-3-7-16(13)21/h2-8,15,24H,9-12H2,1H3,(H,22,25)/t15-/m0/s1. The lowest BCUT2D eigenvalue weighted by Crippen LogP contribution is -2.40. The predicted molar refractivity (Wildman–Crippen MR) is 97.9 cm³/mol. The van der Waals surface area contributed by atoms with Gasteiger partial charge in [-0.3, -0.25) is 9.59 Å². The smallest absolute Gasteiger partial charge is 0.231 e. The van der Waals surface area contributed by atoms with Crippen LogP contribution >= 0.6 is 0 Å². The van der Waals surface area contributed by atoms with Gasteiger partial charge in [0.15, 0.2) is 0 Å². The van der Waals surface area contributed by atoms with E-state index < -0.39 is 11.7 Å². The minimum absolute atomic E-state index is 0.0157. The molecule has 1 atom stereocenters. The van der Waals surface area contributed by atoms with Crippen LogP contribution in [0.4, 0.5) is 10.1 Å². The van der Waals surface area contributed by atoms with Crippen LogP contribution in [0.3, 0.4) is 0 Å². The Kier molecular flexibility index (Phi) is 5.71. The maximum atomic E-state index is 14.0. The molecule has 1 heterocycles. The molecule has 0 aromatic heterocycles. The molecule has 2 N–H and O–H groups in total. The van der Waals surface area contributed by atoms with Gasteiger partial charge in [0.05, 0.1) is 25.3 Å². The second-order valence-electron chi connectivity index (χ2n) is 6.30. The monoisotopic (exact) mass is 372 g/mol. The van der Waals surface area contributed by atoms with Gasteiger partial charge < -0.3 is 20.1 Å². The summed E-state index contributed by atoms with van der Waals surface area (Å²) >= 11 is 0. The molecule has 0 saturated heterocycles. The van der Waals surface area contributed by atoms with E-state index in [9.17, 15) is 19.1 Å². The highest BCUT2D eigenvalue weighted by atomic mass is 19.1. The Balaban J connectivity index is 1.93. The highest BCUT2D eigenvalue weighted by molar-refractivity contribution is 6.02. The molecule has 0 saturated carbocycles. The molecule has 0 unspecified atom stereocenters. The summed E-state index contributed by atoms with van der Waals surface area (Å²) in [6.45, 7) is -0.196. The summed E-state index contributed by atoms with van der Waals surface area (Å²) in [4.78, 5) is 26.7. The van der Waals surface area contributed by atoms with Gasteiger partial charge in [0.1, 0.15) is 11.6 Å². The second kappa shape index (κ2) is 8.18. The zero-order valence-electron chi connectivity index (χ0n) is 14.9. The molecule has 142 valence electrons. The van der Waals surface area contributed by atoms with Gasteiger partial charge in [-0.2, -0.15) is 0 Å². The third-order valence-corrected chi connectivity index (χ3v) is 4.61. The SMILES string of the molecule is COc1cccc2c1NC(=O)C[C@@H]2C(=O)N(CCO)Cc1ccccc1F. The number of fused-ring (bicyclic) bond motifs is 1. The summed E-state index contributed by atoms with van der Waals surface area (Å²) in [6.07, 6.45) is -0.0157. The number of para-hydroxylation sites is 1. The Bertz CT molecular complexity index is 856. The average Bonchev–Trinajstić information content (AvgIpc) is 2.67. The van der Waals surface area contributed by atoms with Crippen LogP contribution < -0.4 is 10.1 Å². The first-order chi connectivity index (χ1) is 13.0. The van der Waals surface area contributed by atoms with E-state index in [0.717, 1.165) is 0 Å². The Morgan fingerprint density at radius 3 is 2.78 bits per heavy atom. The Hall–Kier alpha value is -2.93. The maximum Gasteiger partial charge on any atom is 0.231 e. The molecular formula is C20H21FN2O4. The first-order valence-electron chi connectivity index (χ1n) is 8.65. The molecule has 0 spiro atoms. The Morgan fingerprint density at radius 1 is 1.30 bits per heavy atom. The van der Waals surface area contributed by atoms with E-state index in [0.29, 0.717) is 22.6 Å². The van der Waals surface area contributed by atoms with E-state index in [-0.39, 0.29) is 37.9 Å². The van der Waals surface area contributed by atoms with Crippen LogP contribution in [0.25, 0.3) is 0 Å². The van der Waals surface area contributed by atoms with Crippen LogP contribution in [0, 0.1) is 5.82 Å². The number of ether oxygens (including phenoxy) is 1. The van der Waals surface area contributed by atoms with Gasteiger partial charge in [-0.25, -0.2) is 4.39 Å². The molecule has 2 amide bonds. The van der Waals surface area contributed by atoms with Crippen LogP contribution in [-0.4, -0.2) is 42.1 Å². The zero-order valence-corrected chi connectivity index (χ0v) is 14.9. The molecular weight excluding hydrogens is 351 g/mol. The van der Waals surface area contributed by atoms with Crippen molar-refractivity contribution < 1.29 is 23.8 Å². The molecule has 0 fully saturated rings. The van der Waals surface area contributed by atoms with Crippen LogP contribution in [0.15, 0.2) is 42.5 Å². The van der Waals surface area contributed by atoms with Crippen molar-refractivity contribution in [2.45, 2.75) is 18.9 Å². The van der Waals surface area contributed by atoms with Crippen LogP contribution in [0.1, 0.15) is 23.5 Å². The third kappa shape index (κ3) is 3.93. The molecule has 2 aromatic carbocycles. The fourth-order valence-electron chi connectivity index (χ4n) is 3.29. The summed E-state index contributed by atoms with van der Waals surface area (Å²) in [5.41, 5.74) is 1.48. The number of carbonyl (C=O) groups is 2. The number of carbonyl (C=O) groups excluding carboxylic acids is 2. The van der Waals surface area contributed by atoms with Gasteiger partial charge in [-0.05, 0) is 17.7 Å². The summed E-state index contributed by atoms with van der Waals surface area (Å²) in [7, 11) is 1.49. The Morgan fingerprint density at radius 2 is 2.07 bits per heavy atom. The van der Waals surface area contributed by atoms with Gasteiger partial charge in [0.25, 0.3) is 0 Å². The van der Waals surface area contributed by atoms with Crippen molar-refractivity contribution in [2.24, 2.45) is 0 Å². The minimum atomic E-state index is -0.720. The number of benzene rings is 2. The number of hydrogen-bond donors (Lipinski definition) is 2. The fraction of sp³-hybridized carbons (Fsp3) is 0.300. The van der Waals surface area contributed by atoms with Crippen molar-refractivity contribution in [2.75, 3.05) is 25.6 Å². The van der Waals surface area contributed by atoms with Crippen molar-refractivity contribution >= 4 is 17.5 Å². The molecule has 2 aromatic rings. The van der Waals surface area contributed by atoms with Gasteiger partial charge >= 0.3 is 0 Å². The summed E-state index contributed by atoms with van der Waals surface area (Å²) < 4.78 is 19.3. The highest BCUT2D eigenvalue weighted by Gasteiger charge is 2.35. The van der Waals surface area contributed by atoms with Crippen molar-refractivity contribution in [3.8, 4) is 5.75 Å². The molecule has 3 rings (SSSR count). The van der Waals surface area contributed by atoms with E-state index >= 15 is 0 Å². The van der Waals surface area contributed by atoms with Gasteiger partial charge in [-0.1, -0.05) is 30.3 Å². The molecule has 27 heavy (non-hydrogen) atoms. The zero-order chi connectivity index (χ0) is 19.4. The van der Waals surface area contributed by atoms with E-state index in [2.05, 4.69) is 5.32 Å². The van der Waals surface area contributed by atoms with Crippen LogP contribution in [0.2, 0.25) is 0 Å². The number of halogens is 1. The number of aliphatic hydroxyl groups is 1. The number of hydrogen-bond acceptors (Lipinski definition) is 4. The summed E-state index contributed by atoms with van der Waals surface area (Å²) in [5.74, 6) is -1.29. The van der Waals surface area contributed by atoms with E-state index in [1.54, 1.807) is 36.4 Å². The van der Waals surface area contributed by atoms with Gasteiger partial charge in [0.2, 0.25) is 11.8 Å². The fourth-order valence-corrected chi connectivity index (χ4v) is 3.29. The topological polar surface area (TPSA) is 78.9 Å². The number of nitrogens with zero attached hydrogens (tertiary/aromatic N) is 1. The van der Waals surface area contributed by atoms with Gasteiger partial charge in [0, 0.05) is 25.1 Å². The van der Waals surface area contributed by atoms with Crippen molar-refractivity contribution in [1.29, 1.82) is 0 Å². The maximum absolute atomic E-state index is 14.0. The minimum Gasteiger partial charge on any atom is -0.495 e. The number of methoxy groups -OCH3 is 1. The van der Waals surface area contributed by atoms with E-state index in [1.807, 2.05) is 0 Å². The van der Waals surface area contributed by atoms with Crippen LogP contribution in [-0.2, 0) is 16.1 Å². The van der Waals surface area contributed by atoms with E-state index in [4.69, 9.17) is 4.74 Å². The lowest BCUT2D eigenvalue weighted by atomic mass is 9.88. The number of amides is 2. The average molecular weight is 372 g/mol. The molecule has 0 aliphatic carbocycles. The lowest BCUT2D eigenvalue weighted by Gasteiger charge is -2.31. The number of aliphatic hydroxyl groups excluding tert-OH is 1. The molecule has 0 bridgehead atoms. The van der Waals surface area contributed by atoms with Gasteiger partial charge in [-0.15, -0.1) is 0 Å². The number of rotatable bonds is 6. The summed E-state index contributed by atoms with van der Waals surface area (Å²) in [5, 5.41) is 12.1. The molecule has 6 nitrogen and oxygen atoms in total. The number of anilines is 1. The third-order valence-electron chi connectivity index (χ3n) is 4.61. The molecule has 7 heteroatoms. The van der Waals surface area contributed by atoms with Crippen LogP contribution in [0.5, 0.6) is 5.75 Å². The summed E-state index contributed by atoms with van der Waals surface area (Å²) in [6, 6.07) is 11.4. The van der Waals surface area contributed by atoms with E-state index in [1.165, 1.54) is 18.1 Å². The predicted octanol–water partition coefficient (Wildman–Crippen LogP) is 2.28.